The highest BCUT2D eigenvalue weighted by Crippen LogP contribution is 2.32. The fourth-order valence-corrected chi connectivity index (χ4v) is 5.18. The van der Waals surface area contributed by atoms with Crippen molar-refractivity contribution in [3.63, 3.8) is 0 Å². The van der Waals surface area contributed by atoms with Crippen LogP contribution in [-0.4, -0.2) is 41.6 Å². The number of nitrogens with zero attached hydrogens (tertiary/aromatic N) is 2. The van der Waals surface area contributed by atoms with Crippen LogP contribution in [0.2, 0.25) is 5.02 Å². The van der Waals surface area contributed by atoms with Crippen LogP contribution in [0.15, 0.2) is 53.0 Å². The molecule has 9 heteroatoms. The van der Waals surface area contributed by atoms with Crippen LogP contribution in [0.25, 0.3) is 10.9 Å². The highest BCUT2D eigenvalue weighted by Gasteiger charge is 2.24. The van der Waals surface area contributed by atoms with Crippen molar-refractivity contribution in [2.75, 3.05) is 24.5 Å². The van der Waals surface area contributed by atoms with Crippen LogP contribution in [0, 0.1) is 12.7 Å². The van der Waals surface area contributed by atoms with E-state index < -0.39 is 17.7 Å². The first-order valence-electron chi connectivity index (χ1n) is 11.7. The fourth-order valence-electron chi connectivity index (χ4n) is 4.55. The lowest BCUT2D eigenvalue weighted by atomic mass is 9.93. The van der Waals surface area contributed by atoms with Crippen molar-refractivity contribution < 1.29 is 19.1 Å². The summed E-state index contributed by atoms with van der Waals surface area (Å²) in [6.45, 7) is 3.52. The number of carboxylic acid groups (broad SMARTS) is 1. The molecule has 0 fully saturated rings. The van der Waals surface area contributed by atoms with Gasteiger partial charge in [-0.15, -0.1) is 0 Å². The Morgan fingerprint density at radius 2 is 2.06 bits per heavy atom. The first-order chi connectivity index (χ1) is 17.2. The van der Waals surface area contributed by atoms with Crippen molar-refractivity contribution in [1.29, 1.82) is 0 Å². The van der Waals surface area contributed by atoms with E-state index in [9.17, 15) is 19.1 Å². The molecule has 1 amide bonds. The molecule has 6 nitrogen and oxygen atoms in total. The average molecular weight is 575 g/mol. The van der Waals surface area contributed by atoms with Crippen LogP contribution in [-0.2, 0) is 4.79 Å². The zero-order valence-corrected chi connectivity index (χ0v) is 22.1. The number of rotatable bonds is 8. The third kappa shape index (κ3) is 5.87. The highest BCUT2D eigenvalue weighted by molar-refractivity contribution is 9.10. The molecule has 0 spiro atoms. The topological polar surface area (TPSA) is 82.5 Å². The van der Waals surface area contributed by atoms with Gasteiger partial charge >= 0.3 is 5.97 Å². The molecule has 4 rings (SSSR count). The highest BCUT2D eigenvalue weighted by atomic mass is 79.9. The summed E-state index contributed by atoms with van der Waals surface area (Å²) in [6, 6.07) is 9.63. The second kappa shape index (κ2) is 11.4. The summed E-state index contributed by atoms with van der Waals surface area (Å²) in [5.74, 6) is -1.46. The van der Waals surface area contributed by atoms with Gasteiger partial charge < -0.3 is 15.3 Å². The molecular formula is C27H26BrClFN3O3. The van der Waals surface area contributed by atoms with E-state index in [1.165, 1.54) is 18.2 Å². The van der Waals surface area contributed by atoms with E-state index in [0.29, 0.717) is 33.6 Å². The summed E-state index contributed by atoms with van der Waals surface area (Å²) >= 11 is 9.81. The summed E-state index contributed by atoms with van der Waals surface area (Å²) in [5, 5.41) is 13.2. The first kappa shape index (κ1) is 26.1. The molecule has 1 atom stereocenters. The monoisotopic (exact) mass is 573 g/mol. The lowest BCUT2D eigenvalue weighted by Crippen LogP contribution is -2.32. The molecule has 1 aromatic heterocycles. The molecule has 0 saturated carbocycles. The molecule has 0 saturated heterocycles. The molecule has 0 bridgehead atoms. The number of aliphatic carboxylic acids is 1. The molecule has 1 aliphatic rings. The summed E-state index contributed by atoms with van der Waals surface area (Å²) in [4.78, 5) is 31.9. The van der Waals surface area contributed by atoms with Gasteiger partial charge in [-0.05, 0) is 61.7 Å². The van der Waals surface area contributed by atoms with E-state index >= 15 is 0 Å². The molecule has 188 valence electrons. The number of hydrogen-bond donors (Lipinski definition) is 2. The number of benzene rings is 2. The van der Waals surface area contributed by atoms with Crippen LogP contribution >= 0.6 is 27.5 Å². The summed E-state index contributed by atoms with van der Waals surface area (Å²) in [7, 11) is 0. The molecule has 2 N–H and O–H groups in total. The van der Waals surface area contributed by atoms with E-state index in [1.807, 2.05) is 25.1 Å². The second-order valence-corrected chi connectivity index (χ2v) is 10.1. The van der Waals surface area contributed by atoms with E-state index in [2.05, 4.69) is 38.3 Å². The number of anilines is 1. The molecule has 36 heavy (non-hydrogen) atoms. The molecule has 0 radical (unpaired) electrons. The van der Waals surface area contributed by atoms with Crippen molar-refractivity contribution in [1.82, 2.24) is 10.3 Å². The van der Waals surface area contributed by atoms with E-state index in [4.69, 9.17) is 16.6 Å². The average Bonchev–Trinajstić information content (AvgIpc) is 2.85. The summed E-state index contributed by atoms with van der Waals surface area (Å²) in [5.41, 5.74) is 2.44. The van der Waals surface area contributed by atoms with E-state index in [-0.39, 0.29) is 25.3 Å². The Kier molecular flexibility index (Phi) is 8.26. The van der Waals surface area contributed by atoms with Gasteiger partial charge in [-0.25, -0.2) is 9.37 Å². The molecule has 0 aliphatic carbocycles. The Balaban J connectivity index is 1.69. The molecular weight excluding hydrogens is 549 g/mol. The third-order valence-electron chi connectivity index (χ3n) is 6.36. The molecule has 3 aromatic rings. The zero-order valence-electron chi connectivity index (χ0n) is 19.7. The number of carbonyl (C=O) groups is 2. The van der Waals surface area contributed by atoms with Gasteiger partial charge in [-0.1, -0.05) is 39.7 Å². The van der Waals surface area contributed by atoms with Gasteiger partial charge in [-0.2, -0.15) is 0 Å². The Morgan fingerprint density at radius 3 is 2.78 bits per heavy atom. The number of carboxylic acids is 1. The second-order valence-electron chi connectivity index (χ2n) is 8.81. The quantitative estimate of drug-likeness (QED) is 0.311. The minimum atomic E-state index is -0.972. The van der Waals surface area contributed by atoms with Crippen molar-refractivity contribution in [2.24, 2.45) is 0 Å². The largest absolute Gasteiger partial charge is 0.481 e. The molecule has 2 aromatic carbocycles. The van der Waals surface area contributed by atoms with Crippen molar-refractivity contribution >= 4 is 56.1 Å². The minimum Gasteiger partial charge on any atom is -0.481 e. The van der Waals surface area contributed by atoms with Crippen LogP contribution in [0.1, 0.15) is 46.7 Å². The van der Waals surface area contributed by atoms with Crippen LogP contribution in [0.3, 0.4) is 0 Å². The SMILES string of the molecule is Cc1c(N2CC=CCC2)nc2ccc(Br)cc2c1C(=O)NCC(CCC(=O)O)c1cc(F)ccc1Cl. The lowest BCUT2D eigenvalue weighted by molar-refractivity contribution is -0.137. The number of carbonyl (C=O) groups excluding carboxylic acids is 1. The first-order valence-corrected chi connectivity index (χ1v) is 12.9. The van der Waals surface area contributed by atoms with E-state index in [0.717, 1.165) is 28.8 Å². The third-order valence-corrected chi connectivity index (χ3v) is 7.20. The number of hydrogen-bond acceptors (Lipinski definition) is 4. The van der Waals surface area contributed by atoms with Gasteiger partial charge in [0.2, 0.25) is 0 Å². The van der Waals surface area contributed by atoms with Crippen molar-refractivity contribution in [3.05, 3.63) is 80.6 Å². The summed E-state index contributed by atoms with van der Waals surface area (Å²) < 4.78 is 14.8. The van der Waals surface area contributed by atoms with Gasteiger partial charge in [0.05, 0.1) is 11.1 Å². The standard InChI is InChI=1S/C27H26BrClFN3O3/c1-16-25(21-13-18(28)6-9-23(21)32-26(16)33-11-3-2-4-12-33)27(36)31-15-17(5-10-24(34)35)20-14-19(30)7-8-22(20)29/h2-3,6-9,13-14,17H,4-5,10-12,15H2,1H3,(H,31,36)(H,34,35). The molecule has 1 aliphatic heterocycles. The predicted octanol–water partition coefficient (Wildman–Crippen LogP) is 6.24. The van der Waals surface area contributed by atoms with Crippen LogP contribution < -0.4 is 10.2 Å². The number of pyridine rings is 1. The van der Waals surface area contributed by atoms with Gasteiger partial charge in [0, 0.05) is 52.4 Å². The lowest BCUT2D eigenvalue weighted by Gasteiger charge is -2.27. The number of amides is 1. The number of aromatic nitrogens is 1. The van der Waals surface area contributed by atoms with Crippen LogP contribution in [0.4, 0.5) is 10.2 Å². The Morgan fingerprint density at radius 1 is 1.25 bits per heavy atom. The number of halogens is 3. The number of fused-ring (bicyclic) bond motifs is 1. The fraction of sp³-hybridized carbons (Fsp3) is 0.296. The molecule has 1 unspecified atom stereocenters. The van der Waals surface area contributed by atoms with Gasteiger partial charge in [0.25, 0.3) is 5.91 Å². The maximum atomic E-state index is 14.0. The Labute approximate surface area is 222 Å². The number of nitrogens with one attached hydrogen (secondary N) is 1. The maximum Gasteiger partial charge on any atom is 0.303 e. The van der Waals surface area contributed by atoms with Gasteiger partial charge in [0.1, 0.15) is 11.6 Å². The van der Waals surface area contributed by atoms with E-state index in [1.54, 1.807) is 0 Å². The summed E-state index contributed by atoms with van der Waals surface area (Å²) in [6.07, 6.45) is 5.19. The maximum absolute atomic E-state index is 14.0. The van der Waals surface area contributed by atoms with Crippen molar-refractivity contribution in [2.45, 2.75) is 32.1 Å². The molecule has 2 heterocycles. The Hall–Kier alpha value is -2.97. The van der Waals surface area contributed by atoms with Crippen molar-refractivity contribution in [3.8, 4) is 0 Å². The van der Waals surface area contributed by atoms with Crippen LogP contribution in [0.5, 0.6) is 0 Å². The zero-order chi connectivity index (χ0) is 25.8. The minimum absolute atomic E-state index is 0.105. The Bertz CT molecular complexity index is 1350. The van der Waals surface area contributed by atoms with Gasteiger partial charge in [-0.3, -0.25) is 9.59 Å². The van der Waals surface area contributed by atoms with Gasteiger partial charge in [0.15, 0.2) is 0 Å². The predicted molar refractivity (Wildman–Crippen MR) is 144 cm³/mol. The normalized spacial score (nSPS) is 14.2. The smallest absolute Gasteiger partial charge is 0.303 e.